The van der Waals surface area contributed by atoms with Crippen LogP contribution in [0.5, 0.6) is 0 Å². The molecule has 5 heteroatoms. The Morgan fingerprint density at radius 2 is 1.79 bits per heavy atom. The topological polar surface area (TPSA) is 69.7 Å². The van der Waals surface area contributed by atoms with Crippen molar-refractivity contribution >= 4 is 17.7 Å². The van der Waals surface area contributed by atoms with Gasteiger partial charge in [-0.1, -0.05) is 37.3 Å². The number of benzene rings is 1. The molecule has 1 unspecified atom stereocenters. The number of methoxy groups -OCH3 is 1. The van der Waals surface area contributed by atoms with E-state index in [1.54, 1.807) is 0 Å². The zero-order chi connectivity index (χ0) is 14.3. The van der Waals surface area contributed by atoms with Crippen LogP contribution in [0.4, 0.5) is 0 Å². The van der Waals surface area contributed by atoms with Crippen molar-refractivity contribution in [3.8, 4) is 0 Å². The van der Waals surface area contributed by atoms with Gasteiger partial charge in [-0.05, 0) is 5.56 Å². The Labute approximate surface area is 111 Å². The van der Waals surface area contributed by atoms with Gasteiger partial charge in [0.1, 0.15) is 6.61 Å². The Bertz CT molecular complexity index is 452. The van der Waals surface area contributed by atoms with Gasteiger partial charge in [-0.3, -0.25) is 9.59 Å². The maximum absolute atomic E-state index is 11.6. The second-order valence-electron chi connectivity index (χ2n) is 4.11. The van der Waals surface area contributed by atoms with Crippen LogP contribution in [0.15, 0.2) is 30.3 Å². The molecule has 0 radical (unpaired) electrons. The summed E-state index contributed by atoms with van der Waals surface area (Å²) in [6.45, 7) is 1.69. The van der Waals surface area contributed by atoms with E-state index in [9.17, 15) is 14.4 Å². The second kappa shape index (κ2) is 7.31. The van der Waals surface area contributed by atoms with Crippen LogP contribution in [-0.2, 0) is 30.5 Å². The summed E-state index contributed by atoms with van der Waals surface area (Å²) >= 11 is 0. The van der Waals surface area contributed by atoms with Gasteiger partial charge in [-0.15, -0.1) is 0 Å². The first-order valence-corrected chi connectivity index (χ1v) is 5.86. The van der Waals surface area contributed by atoms with Gasteiger partial charge in [0.2, 0.25) is 5.78 Å². The second-order valence-corrected chi connectivity index (χ2v) is 4.11. The fraction of sp³-hybridized carbons (Fsp3) is 0.357. The van der Waals surface area contributed by atoms with Crippen molar-refractivity contribution in [2.75, 3.05) is 7.11 Å². The molecule has 102 valence electrons. The number of esters is 2. The van der Waals surface area contributed by atoms with Crippen molar-refractivity contribution in [3.05, 3.63) is 35.9 Å². The zero-order valence-electron chi connectivity index (χ0n) is 10.9. The molecule has 0 saturated heterocycles. The number of ketones is 1. The first kappa shape index (κ1) is 14.9. The molecular weight excluding hydrogens is 248 g/mol. The van der Waals surface area contributed by atoms with Crippen LogP contribution < -0.4 is 0 Å². The Kier molecular flexibility index (Phi) is 5.73. The summed E-state index contributed by atoms with van der Waals surface area (Å²) in [5, 5.41) is 0. The van der Waals surface area contributed by atoms with Gasteiger partial charge >= 0.3 is 11.9 Å². The highest BCUT2D eigenvalue weighted by atomic mass is 16.5. The minimum atomic E-state index is -0.942. The van der Waals surface area contributed by atoms with Gasteiger partial charge in [-0.2, -0.15) is 0 Å². The average Bonchev–Trinajstić information content (AvgIpc) is 2.44. The van der Waals surface area contributed by atoms with Crippen molar-refractivity contribution < 1.29 is 23.9 Å². The summed E-state index contributed by atoms with van der Waals surface area (Å²) in [5.74, 6) is -2.86. The standard InChI is InChI=1S/C14H16O5/c1-10(8-12(15)14(17)18-2)13(16)19-9-11-6-4-3-5-7-11/h3-7,10H,8-9H2,1-2H3. The smallest absolute Gasteiger partial charge is 0.374 e. The van der Waals surface area contributed by atoms with Gasteiger partial charge in [0.05, 0.1) is 13.0 Å². The molecule has 5 nitrogen and oxygen atoms in total. The molecule has 0 amide bonds. The van der Waals surface area contributed by atoms with Crippen LogP contribution in [0.3, 0.4) is 0 Å². The van der Waals surface area contributed by atoms with Crippen molar-refractivity contribution in [2.45, 2.75) is 20.0 Å². The zero-order valence-corrected chi connectivity index (χ0v) is 10.9. The Hall–Kier alpha value is -2.17. The predicted octanol–water partition coefficient (Wildman–Crippen LogP) is 1.50. The summed E-state index contributed by atoms with van der Waals surface area (Å²) in [6, 6.07) is 9.21. The molecule has 1 aromatic carbocycles. The van der Waals surface area contributed by atoms with Gasteiger partial charge in [0.25, 0.3) is 0 Å². The fourth-order valence-corrected chi connectivity index (χ4v) is 1.43. The number of carbonyl (C=O) groups excluding carboxylic acids is 3. The Morgan fingerprint density at radius 3 is 2.37 bits per heavy atom. The largest absolute Gasteiger partial charge is 0.463 e. The number of Topliss-reactive ketones (excluding diaryl/α,β-unsaturated/α-hetero) is 1. The van der Waals surface area contributed by atoms with E-state index in [1.165, 1.54) is 6.92 Å². The van der Waals surface area contributed by atoms with Gasteiger partial charge in [-0.25, -0.2) is 4.79 Å². The number of hydrogen-bond acceptors (Lipinski definition) is 5. The fourth-order valence-electron chi connectivity index (χ4n) is 1.43. The van der Waals surface area contributed by atoms with Gasteiger partial charge in [0, 0.05) is 6.42 Å². The van der Waals surface area contributed by atoms with Crippen molar-refractivity contribution in [1.29, 1.82) is 0 Å². The molecule has 19 heavy (non-hydrogen) atoms. The molecule has 0 fully saturated rings. The molecule has 0 aliphatic heterocycles. The van der Waals surface area contributed by atoms with E-state index in [2.05, 4.69) is 4.74 Å². The monoisotopic (exact) mass is 264 g/mol. The lowest BCUT2D eigenvalue weighted by Gasteiger charge is -2.10. The quantitative estimate of drug-likeness (QED) is 0.575. The Morgan fingerprint density at radius 1 is 1.16 bits per heavy atom. The molecule has 0 bridgehead atoms. The van der Waals surface area contributed by atoms with Crippen molar-refractivity contribution in [2.24, 2.45) is 5.92 Å². The normalized spacial score (nSPS) is 11.5. The van der Waals surface area contributed by atoms with Gasteiger partial charge in [0.15, 0.2) is 0 Å². The number of ether oxygens (including phenoxy) is 2. The third-order valence-corrected chi connectivity index (χ3v) is 2.53. The number of rotatable bonds is 6. The van der Waals surface area contributed by atoms with Crippen molar-refractivity contribution in [1.82, 2.24) is 0 Å². The van der Waals surface area contributed by atoms with E-state index < -0.39 is 23.6 Å². The lowest BCUT2D eigenvalue weighted by molar-refractivity contribution is -0.155. The molecule has 1 aromatic rings. The lowest BCUT2D eigenvalue weighted by Crippen LogP contribution is -2.23. The Balaban J connectivity index is 2.41. The first-order valence-electron chi connectivity index (χ1n) is 5.86. The molecule has 0 aromatic heterocycles. The third-order valence-electron chi connectivity index (χ3n) is 2.53. The average molecular weight is 264 g/mol. The van der Waals surface area contributed by atoms with Crippen LogP contribution in [0.1, 0.15) is 18.9 Å². The SMILES string of the molecule is COC(=O)C(=O)CC(C)C(=O)OCc1ccccc1. The molecule has 0 aliphatic rings. The minimum Gasteiger partial charge on any atom is -0.463 e. The minimum absolute atomic E-state index is 0.149. The number of hydrogen-bond donors (Lipinski definition) is 0. The first-order chi connectivity index (χ1) is 9.04. The summed E-state index contributed by atoms with van der Waals surface area (Å²) in [5.41, 5.74) is 0.863. The molecule has 0 aliphatic carbocycles. The maximum atomic E-state index is 11.6. The highest BCUT2D eigenvalue weighted by Crippen LogP contribution is 2.09. The summed E-state index contributed by atoms with van der Waals surface area (Å²) in [4.78, 5) is 33.8. The van der Waals surface area contributed by atoms with Crippen LogP contribution in [0.25, 0.3) is 0 Å². The molecule has 0 spiro atoms. The van der Waals surface area contributed by atoms with Crippen LogP contribution in [-0.4, -0.2) is 24.8 Å². The summed E-state index contributed by atoms with van der Waals surface area (Å²) < 4.78 is 9.34. The maximum Gasteiger partial charge on any atom is 0.374 e. The van der Waals surface area contributed by atoms with Gasteiger partial charge < -0.3 is 9.47 Å². The van der Waals surface area contributed by atoms with E-state index in [4.69, 9.17) is 4.74 Å². The highest BCUT2D eigenvalue weighted by molar-refractivity contribution is 6.33. The predicted molar refractivity (Wildman–Crippen MR) is 67.0 cm³/mol. The van der Waals surface area contributed by atoms with Crippen molar-refractivity contribution in [3.63, 3.8) is 0 Å². The van der Waals surface area contributed by atoms with Crippen LogP contribution in [0.2, 0.25) is 0 Å². The highest BCUT2D eigenvalue weighted by Gasteiger charge is 2.23. The molecule has 0 heterocycles. The number of carbonyl (C=O) groups is 3. The molecular formula is C14H16O5. The molecule has 1 atom stereocenters. The van der Waals surface area contributed by atoms with E-state index in [1.807, 2.05) is 30.3 Å². The van der Waals surface area contributed by atoms with E-state index >= 15 is 0 Å². The van der Waals surface area contributed by atoms with Crippen LogP contribution >= 0.6 is 0 Å². The molecule has 0 saturated carbocycles. The van der Waals surface area contributed by atoms with E-state index in [0.29, 0.717) is 0 Å². The molecule has 0 N–H and O–H groups in total. The summed E-state index contributed by atoms with van der Waals surface area (Å²) in [7, 11) is 1.12. The summed E-state index contributed by atoms with van der Waals surface area (Å²) in [6.07, 6.45) is -0.208. The van der Waals surface area contributed by atoms with Crippen LogP contribution in [0, 0.1) is 5.92 Å². The van der Waals surface area contributed by atoms with E-state index in [0.717, 1.165) is 12.7 Å². The van der Waals surface area contributed by atoms with E-state index in [-0.39, 0.29) is 13.0 Å². The lowest BCUT2D eigenvalue weighted by atomic mass is 10.1. The third kappa shape index (κ3) is 4.91. The molecule has 1 rings (SSSR count).